The fourth-order valence-corrected chi connectivity index (χ4v) is 1.92. The highest BCUT2D eigenvalue weighted by Gasteiger charge is 2.18. The van der Waals surface area contributed by atoms with E-state index in [2.05, 4.69) is 5.32 Å². The quantitative estimate of drug-likeness (QED) is 0.737. The molecular formula is C12H21NO4. The van der Waals surface area contributed by atoms with E-state index >= 15 is 0 Å². The van der Waals surface area contributed by atoms with Crippen LogP contribution < -0.4 is 5.32 Å². The van der Waals surface area contributed by atoms with Gasteiger partial charge < -0.3 is 15.2 Å². The average molecular weight is 243 g/mol. The lowest BCUT2D eigenvalue weighted by atomic mass is 10.1. The number of carboxylic acid groups (broad SMARTS) is 1. The van der Waals surface area contributed by atoms with Gasteiger partial charge in [0.15, 0.2) is 0 Å². The number of ether oxygens (including phenoxy) is 1. The number of nitrogens with one attached hydrogen (secondary N) is 1. The van der Waals surface area contributed by atoms with Crippen LogP contribution in [0.5, 0.6) is 0 Å². The van der Waals surface area contributed by atoms with Crippen molar-refractivity contribution >= 4 is 11.9 Å². The lowest BCUT2D eigenvalue weighted by Gasteiger charge is -2.22. The summed E-state index contributed by atoms with van der Waals surface area (Å²) in [5.41, 5.74) is 0. The summed E-state index contributed by atoms with van der Waals surface area (Å²) in [6.07, 6.45) is 4.11. The standard InChI is InChI=1S/C12H21NO4/c1-9(5-6-12(15)16)13-11(14)8-10-4-2-3-7-17-10/h9-10H,2-8H2,1H3,(H,13,14)(H,15,16). The topological polar surface area (TPSA) is 75.6 Å². The van der Waals surface area contributed by atoms with E-state index in [1.165, 1.54) is 0 Å². The molecule has 0 aromatic rings. The molecule has 2 N–H and O–H groups in total. The molecule has 0 radical (unpaired) electrons. The third kappa shape index (κ3) is 6.26. The van der Waals surface area contributed by atoms with Crippen LogP contribution in [0.3, 0.4) is 0 Å². The van der Waals surface area contributed by atoms with Crippen molar-refractivity contribution in [3.63, 3.8) is 0 Å². The zero-order valence-electron chi connectivity index (χ0n) is 10.3. The molecule has 1 rings (SSSR count). The van der Waals surface area contributed by atoms with Crippen molar-refractivity contribution in [3.8, 4) is 0 Å². The van der Waals surface area contributed by atoms with Crippen molar-refractivity contribution in [2.24, 2.45) is 0 Å². The number of carboxylic acids is 1. The normalized spacial score (nSPS) is 21.8. The molecule has 17 heavy (non-hydrogen) atoms. The van der Waals surface area contributed by atoms with E-state index in [4.69, 9.17) is 9.84 Å². The monoisotopic (exact) mass is 243 g/mol. The maximum absolute atomic E-state index is 11.6. The van der Waals surface area contributed by atoms with E-state index in [0.29, 0.717) is 12.8 Å². The SMILES string of the molecule is CC(CCC(=O)O)NC(=O)CC1CCCCO1. The van der Waals surface area contributed by atoms with Crippen LogP contribution in [-0.4, -0.2) is 35.7 Å². The van der Waals surface area contributed by atoms with Gasteiger partial charge in [0.1, 0.15) is 0 Å². The van der Waals surface area contributed by atoms with E-state index in [-0.39, 0.29) is 24.5 Å². The van der Waals surface area contributed by atoms with Gasteiger partial charge in [-0.1, -0.05) is 0 Å². The van der Waals surface area contributed by atoms with E-state index in [1.807, 2.05) is 6.92 Å². The molecule has 5 heteroatoms. The largest absolute Gasteiger partial charge is 0.481 e. The van der Waals surface area contributed by atoms with Crippen LogP contribution in [0.1, 0.15) is 45.4 Å². The number of aliphatic carboxylic acids is 1. The molecule has 1 heterocycles. The van der Waals surface area contributed by atoms with Crippen LogP contribution in [-0.2, 0) is 14.3 Å². The van der Waals surface area contributed by atoms with E-state index < -0.39 is 5.97 Å². The van der Waals surface area contributed by atoms with Crippen molar-refractivity contribution in [1.29, 1.82) is 0 Å². The minimum atomic E-state index is -0.832. The fraction of sp³-hybridized carbons (Fsp3) is 0.833. The van der Waals surface area contributed by atoms with Crippen LogP contribution in [0.15, 0.2) is 0 Å². The number of rotatable bonds is 6. The average Bonchev–Trinajstić information content (AvgIpc) is 2.27. The predicted octanol–water partition coefficient (Wildman–Crippen LogP) is 1.32. The van der Waals surface area contributed by atoms with Gasteiger partial charge in [-0.15, -0.1) is 0 Å². The highest BCUT2D eigenvalue weighted by molar-refractivity contribution is 5.76. The van der Waals surface area contributed by atoms with Gasteiger partial charge in [0, 0.05) is 19.1 Å². The number of amides is 1. The molecule has 2 unspecified atom stereocenters. The van der Waals surface area contributed by atoms with Crippen molar-refractivity contribution in [2.75, 3.05) is 6.61 Å². The Morgan fingerprint density at radius 1 is 1.47 bits per heavy atom. The smallest absolute Gasteiger partial charge is 0.303 e. The van der Waals surface area contributed by atoms with Crippen molar-refractivity contribution < 1.29 is 19.4 Å². The summed E-state index contributed by atoms with van der Waals surface area (Å²) in [6, 6.07) is -0.0952. The Morgan fingerprint density at radius 2 is 2.24 bits per heavy atom. The molecule has 0 saturated carbocycles. The summed E-state index contributed by atoms with van der Waals surface area (Å²) in [5, 5.41) is 11.3. The first-order valence-electron chi connectivity index (χ1n) is 6.20. The van der Waals surface area contributed by atoms with Crippen molar-refractivity contribution in [2.45, 2.75) is 57.6 Å². The molecule has 2 atom stereocenters. The summed E-state index contributed by atoms with van der Waals surface area (Å²) in [6.45, 7) is 2.56. The summed E-state index contributed by atoms with van der Waals surface area (Å²) >= 11 is 0. The number of hydrogen-bond acceptors (Lipinski definition) is 3. The Bertz CT molecular complexity index is 261. The second-order valence-electron chi connectivity index (χ2n) is 4.59. The van der Waals surface area contributed by atoms with Gasteiger partial charge in [0.2, 0.25) is 5.91 Å². The summed E-state index contributed by atoms with van der Waals surface area (Å²) in [7, 11) is 0. The predicted molar refractivity (Wildman–Crippen MR) is 62.7 cm³/mol. The lowest BCUT2D eigenvalue weighted by Crippen LogP contribution is -2.36. The molecule has 1 saturated heterocycles. The van der Waals surface area contributed by atoms with Gasteiger partial charge in [-0.3, -0.25) is 9.59 Å². The number of carbonyl (C=O) groups is 2. The van der Waals surface area contributed by atoms with Gasteiger partial charge in [-0.2, -0.15) is 0 Å². The van der Waals surface area contributed by atoms with Gasteiger partial charge in [-0.05, 0) is 32.6 Å². The Balaban J connectivity index is 2.16. The highest BCUT2D eigenvalue weighted by Crippen LogP contribution is 2.15. The number of hydrogen-bond donors (Lipinski definition) is 2. The summed E-state index contributed by atoms with van der Waals surface area (Å²) in [5.74, 6) is -0.878. The molecule has 0 spiro atoms. The molecule has 1 aliphatic rings. The molecule has 0 aromatic heterocycles. The van der Waals surface area contributed by atoms with Gasteiger partial charge in [-0.25, -0.2) is 0 Å². The Morgan fingerprint density at radius 3 is 2.82 bits per heavy atom. The molecule has 0 aromatic carbocycles. The van der Waals surface area contributed by atoms with Gasteiger partial charge >= 0.3 is 5.97 Å². The van der Waals surface area contributed by atoms with Gasteiger partial charge in [0.05, 0.1) is 12.5 Å². The Kier molecular flexibility index (Phi) is 5.97. The lowest BCUT2D eigenvalue weighted by molar-refractivity contribution is -0.137. The maximum Gasteiger partial charge on any atom is 0.303 e. The first kappa shape index (κ1) is 14.0. The molecular weight excluding hydrogens is 222 g/mol. The molecule has 1 amide bonds. The van der Waals surface area contributed by atoms with E-state index in [1.54, 1.807) is 0 Å². The number of carbonyl (C=O) groups excluding carboxylic acids is 1. The summed E-state index contributed by atoms with van der Waals surface area (Å²) in [4.78, 5) is 22.0. The van der Waals surface area contributed by atoms with E-state index in [0.717, 1.165) is 25.9 Å². The zero-order valence-corrected chi connectivity index (χ0v) is 10.3. The van der Waals surface area contributed by atoms with Crippen LogP contribution >= 0.6 is 0 Å². The van der Waals surface area contributed by atoms with Crippen molar-refractivity contribution in [1.82, 2.24) is 5.32 Å². The molecule has 1 aliphatic heterocycles. The third-order valence-electron chi connectivity index (χ3n) is 2.89. The summed E-state index contributed by atoms with van der Waals surface area (Å²) < 4.78 is 5.47. The zero-order chi connectivity index (χ0) is 12.7. The first-order valence-corrected chi connectivity index (χ1v) is 6.20. The molecule has 98 valence electrons. The van der Waals surface area contributed by atoms with Crippen LogP contribution in [0.2, 0.25) is 0 Å². The highest BCUT2D eigenvalue weighted by atomic mass is 16.5. The molecule has 0 aliphatic carbocycles. The minimum Gasteiger partial charge on any atom is -0.481 e. The second kappa shape index (κ2) is 7.27. The van der Waals surface area contributed by atoms with Crippen molar-refractivity contribution in [3.05, 3.63) is 0 Å². The molecule has 1 fully saturated rings. The Hall–Kier alpha value is -1.10. The molecule has 0 bridgehead atoms. The second-order valence-corrected chi connectivity index (χ2v) is 4.59. The minimum absolute atomic E-state index is 0.0374. The van der Waals surface area contributed by atoms with Crippen LogP contribution in [0.4, 0.5) is 0 Å². The van der Waals surface area contributed by atoms with Gasteiger partial charge in [0.25, 0.3) is 0 Å². The maximum atomic E-state index is 11.6. The molecule has 5 nitrogen and oxygen atoms in total. The van der Waals surface area contributed by atoms with Crippen LogP contribution in [0.25, 0.3) is 0 Å². The Labute approximate surface area is 102 Å². The third-order valence-corrected chi connectivity index (χ3v) is 2.89. The fourth-order valence-electron chi connectivity index (χ4n) is 1.92. The van der Waals surface area contributed by atoms with Crippen LogP contribution in [0, 0.1) is 0 Å². The van der Waals surface area contributed by atoms with E-state index in [9.17, 15) is 9.59 Å². The first-order chi connectivity index (χ1) is 8.08.